The number of Topliss-reactive ketones (excluding diaryl/α,β-unsaturated/α-hetero) is 1. The molecule has 1 aromatic heterocycles. The number of aryl methyl sites for hydroxylation is 3. The van der Waals surface area contributed by atoms with Crippen molar-refractivity contribution in [3.63, 3.8) is 0 Å². The average Bonchev–Trinajstić information content (AvgIpc) is 3.00. The first-order valence-corrected chi connectivity index (χ1v) is 9.43. The Balaban J connectivity index is 1.62. The standard InChI is InChI=1S/C23H24N2O4/c1-13-9-14(2)11-17(10-13)23(28)24-12-20(26)29-16(4)22(27)21-15(3)25-19-8-6-5-7-18(19)21/h5-11,16,25H,12H2,1-4H3,(H,24,28)/t16-/m1/s1. The zero-order valence-electron chi connectivity index (χ0n) is 17.0. The third-order valence-electron chi connectivity index (χ3n) is 4.69. The number of aromatic amines is 1. The summed E-state index contributed by atoms with van der Waals surface area (Å²) in [6, 6.07) is 12.9. The summed E-state index contributed by atoms with van der Waals surface area (Å²) < 4.78 is 5.26. The lowest BCUT2D eigenvalue weighted by Gasteiger charge is -2.13. The van der Waals surface area contributed by atoms with E-state index in [1.807, 2.05) is 51.1 Å². The van der Waals surface area contributed by atoms with Crippen LogP contribution in [0.1, 0.15) is 44.5 Å². The molecule has 0 saturated heterocycles. The second-order valence-electron chi connectivity index (χ2n) is 7.23. The van der Waals surface area contributed by atoms with Gasteiger partial charge >= 0.3 is 5.97 Å². The van der Waals surface area contributed by atoms with Gasteiger partial charge in [0.2, 0.25) is 5.78 Å². The molecule has 0 aliphatic heterocycles. The van der Waals surface area contributed by atoms with Crippen LogP contribution in [0, 0.1) is 20.8 Å². The van der Waals surface area contributed by atoms with Crippen LogP contribution in [0.4, 0.5) is 0 Å². The monoisotopic (exact) mass is 392 g/mol. The Morgan fingerprint density at radius 2 is 1.69 bits per heavy atom. The number of hydrogen-bond acceptors (Lipinski definition) is 4. The summed E-state index contributed by atoms with van der Waals surface area (Å²) in [5, 5.41) is 3.33. The summed E-state index contributed by atoms with van der Waals surface area (Å²) in [5.41, 5.74) is 4.50. The van der Waals surface area contributed by atoms with Crippen LogP contribution in [-0.2, 0) is 9.53 Å². The molecule has 0 unspecified atom stereocenters. The van der Waals surface area contributed by atoms with E-state index in [2.05, 4.69) is 10.3 Å². The number of carbonyl (C=O) groups is 3. The Kier molecular flexibility index (Phi) is 5.82. The number of amides is 1. The van der Waals surface area contributed by atoms with E-state index in [0.29, 0.717) is 11.1 Å². The summed E-state index contributed by atoms with van der Waals surface area (Å²) in [6.07, 6.45) is -0.960. The molecule has 0 spiro atoms. The number of carbonyl (C=O) groups excluding carboxylic acids is 3. The number of benzene rings is 2. The normalized spacial score (nSPS) is 11.9. The highest BCUT2D eigenvalue weighted by molar-refractivity contribution is 6.11. The zero-order valence-corrected chi connectivity index (χ0v) is 17.0. The molecule has 0 aliphatic carbocycles. The fourth-order valence-corrected chi connectivity index (χ4v) is 3.45. The number of aromatic nitrogens is 1. The minimum Gasteiger partial charge on any atom is -0.453 e. The summed E-state index contributed by atoms with van der Waals surface area (Å²) in [5.74, 6) is -1.31. The smallest absolute Gasteiger partial charge is 0.326 e. The third-order valence-corrected chi connectivity index (χ3v) is 4.69. The lowest BCUT2D eigenvalue weighted by Crippen LogP contribution is -2.34. The molecule has 2 aromatic carbocycles. The topological polar surface area (TPSA) is 88.3 Å². The Labute approximate surface area is 169 Å². The summed E-state index contributed by atoms with van der Waals surface area (Å²) >= 11 is 0. The molecule has 0 bridgehead atoms. The third kappa shape index (κ3) is 4.54. The van der Waals surface area contributed by atoms with Gasteiger partial charge in [0.15, 0.2) is 6.10 Å². The molecule has 6 heteroatoms. The van der Waals surface area contributed by atoms with Gasteiger partial charge in [0, 0.05) is 27.7 Å². The number of fused-ring (bicyclic) bond motifs is 1. The lowest BCUT2D eigenvalue weighted by molar-refractivity contribution is -0.145. The predicted octanol–water partition coefficient (Wildman–Crippen LogP) is 3.64. The molecule has 1 heterocycles. The highest BCUT2D eigenvalue weighted by Crippen LogP contribution is 2.23. The van der Waals surface area contributed by atoms with Gasteiger partial charge in [-0.2, -0.15) is 0 Å². The van der Waals surface area contributed by atoms with Crippen LogP contribution < -0.4 is 5.32 Å². The van der Waals surface area contributed by atoms with Crippen molar-refractivity contribution in [3.8, 4) is 0 Å². The molecule has 1 amide bonds. The van der Waals surface area contributed by atoms with E-state index in [9.17, 15) is 14.4 Å². The number of H-pyrrole nitrogens is 1. The van der Waals surface area contributed by atoms with E-state index >= 15 is 0 Å². The van der Waals surface area contributed by atoms with Crippen molar-refractivity contribution in [2.45, 2.75) is 33.8 Å². The lowest BCUT2D eigenvalue weighted by atomic mass is 10.0. The second kappa shape index (κ2) is 8.31. The van der Waals surface area contributed by atoms with Gasteiger partial charge in [-0.15, -0.1) is 0 Å². The molecule has 0 saturated carbocycles. The van der Waals surface area contributed by atoms with E-state index < -0.39 is 12.1 Å². The van der Waals surface area contributed by atoms with Gasteiger partial charge in [0.25, 0.3) is 5.91 Å². The maximum atomic E-state index is 12.8. The summed E-state index contributed by atoms with van der Waals surface area (Å²) in [4.78, 5) is 40.4. The SMILES string of the molecule is Cc1cc(C)cc(C(=O)NCC(=O)O[C@H](C)C(=O)c2c(C)[nH]c3ccccc23)c1. The molecule has 2 N–H and O–H groups in total. The molecular weight excluding hydrogens is 368 g/mol. The molecule has 0 radical (unpaired) electrons. The Morgan fingerprint density at radius 3 is 2.38 bits per heavy atom. The molecule has 150 valence electrons. The van der Waals surface area contributed by atoms with Crippen molar-refractivity contribution < 1.29 is 19.1 Å². The predicted molar refractivity (Wildman–Crippen MR) is 111 cm³/mol. The minimum absolute atomic E-state index is 0.283. The number of ketones is 1. The van der Waals surface area contributed by atoms with Crippen molar-refractivity contribution in [2.24, 2.45) is 0 Å². The van der Waals surface area contributed by atoms with E-state index in [1.165, 1.54) is 6.92 Å². The Morgan fingerprint density at radius 1 is 1.03 bits per heavy atom. The number of rotatable bonds is 6. The molecular formula is C23H24N2O4. The number of para-hydroxylation sites is 1. The van der Waals surface area contributed by atoms with Crippen LogP contribution in [0.5, 0.6) is 0 Å². The number of esters is 1. The highest BCUT2D eigenvalue weighted by Gasteiger charge is 2.24. The first kappa shape index (κ1) is 20.3. The molecule has 6 nitrogen and oxygen atoms in total. The maximum Gasteiger partial charge on any atom is 0.326 e. The fraction of sp³-hybridized carbons (Fsp3) is 0.261. The molecule has 3 rings (SSSR count). The van der Waals surface area contributed by atoms with Crippen molar-refractivity contribution in [3.05, 3.63) is 70.4 Å². The van der Waals surface area contributed by atoms with Gasteiger partial charge < -0.3 is 15.0 Å². The van der Waals surface area contributed by atoms with Crippen molar-refractivity contribution >= 4 is 28.6 Å². The van der Waals surface area contributed by atoms with Crippen LogP contribution >= 0.6 is 0 Å². The first-order valence-electron chi connectivity index (χ1n) is 9.43. The molecule has 1 atom stereocenters. The summed E-state index contributed by atoms with van der Waals surface area (Å²) in [7, 11) is 0. The van der Waals surface area contributed by atoms with Gasteiger partial charge in [-0.25, -0.2) is 0 Å². The average molecular weight is 392 g/mol. The van der Waals surface area contributed by atoms with Gasteiger partial charge in [0.05, 0.1) is 0 Å². The maximum absolute atomic E-state index is 12.8. The molecule has 0 fully saturated rings. The molecule has 3 aromatic rings. The number of ether oxygens (including phenoxy) is 1. The minimum atomic E-state index is -0.960. The van der Waals surface area contributed by atoms with Crippen LogP contribution in [0.3, 0.4) is 0 Å². The van der Waals surface area contributed by atoms with Crippen LogP contribution in [0.2, 0.25) is 0 Å². The number of nitrogens with one attached hydrogen (secondary N) is 2. The van der Waals surface area contributed by atoms with E-state index in [4.69, 9.17) is 4.74 Å². The first-order chi connectivity index (χ1) is 13.8. The van der Waals surface area contributed by atoms with Crippen molar-refractivity contribution in [1.82, 2.24) is 10.3 Å². The van der Waals surface area contributed by atoms with Gasteiger partial charge in [-0.3, -0.25) is 14.4 Å². The Hall–Kier alpha value is -3.41. The van der Waals surface area contributed by atoms with Crippen molar-refractivity contribution in [2.75, 3.05) is 6.54 Å². The quantitative estimate of drug-likeness (QED) is 0.495. The molecule has 29 heavy (non-hydrogen) atoms. The number of hydrogen-bond donors (Lipinski definition) is 2. The fourth-order valence-electron chi connectivity index (χ4n) is 3.45. The summed E-state index contributed by atoms with van der Waals surface area (Å²) in [6.45, 7) is 6.84. The van der Waals surface area contributed by atoms with Gasteiger partial charge in [-0.05, 0) is 45.9 Å². The Bertz CT molecular complexity index is 1080. The van der Waals surface area contributed by atoms with Crippen molar-refractivity contribution in [1.29, 1.82) is 0 Å². The van der Waals surface area contributed by atoms with Crippen LogP contribution in [-0.4, -0.2) is 35.3 Å². The largest absolute Gasteiger partial charge is 0.453 e. The van der Waals surface area contributed by atoms with Crippen LogP contribution in [0.15, 0.2) is 42.5 Å². The van der Waals surface area contributed by atoms with E-state index in [1.54, 1.807) is 12.1 Å². The zero-order chi connectivity index (χ0) is 21.1. The highest BCUT2D eigenvalue weighted by atomic mass is 16.5. The van der Waals surface area contributed by atoms with Crippen LogP contribution in [0.25, 0.3) is 10.9 Å². The van der Waals surface area contributed by atoms with Gasteiger partial charge in [0.1, 0.15) is 6.54 Å². The second-order valence-corrected chi connectivity index (χ2v) is 7.23. The van der Waals surface area contributed by atoms with E-state index in [0.717, 1.165) is 27.7 Å². The van der Waals surface area contributed by atoms with E-state index in [-0.39, 0.29) is 18.2 Å². The van der Waals surface area contributed by atoms with Gasteiger partial charge in [-0.1, -0.05) is 35.4 Å². The molecule has 0 aliphatic rings.